The molecule has 51 heavy (non-hydrogen) atoms. The van der Waals surface area contributed by atoms with Gasteiger partial charge in [-0.25, -0.2) is 0 Å². The Kier molecular flexibility index (Phi) is 15.1. The molecule has 274 valence electrons. The number of phenolic OH excluding ortho intramolecular Hbond substituents is 2. The number of aromatic hydroxyl groups is 2. The Morgan fingerprint density at radius 2 is 1.06 bits per heavy atom. The lowest BCUT2D eigenvalue weighted by molar-refractivity contribution is -0.404. The molecule has 0 spiro atoms. The number of hydrogen-bond acceptors (Lipinski definition) is 17. The van der Waals surface area contributed by atoms with Crippen LogP contribution in [0.3, 0.4) is 0 Å². The highest BCUT2D eigenvalue weighted by Crippen LogP contribution is 2.40. The SMILES string of the molecule is CCN(C)CCC(c1ccccc1)N1CCOCC1.O=[N+]([O-])c1cc([N+](=O)[O-])c(O)c([N+](=O)[O-])c1.O=[N+]([O-])c1cc([N+](=O)[O-])c(O)c([N+](=O)[O-])c1. The van der Waals surface area contributed by atoms with Crippen LogP contribution in [0.2, 0.25) is 0 Å². The molecule has 0 saturated carbocycles. The molecule has 4 rings (SSSR count). The Labute approximate surface area is 286 Å². The molecule has 0 aliphatic carbocycles. The summed E-state index contributed by atoms with van der Waals surface area (Å²) in [5.74, 6) is -2.42. The third-order valence-electron chi connectivity index (χ3n) is 7.31. The summed E-state index contributed by atoms with van der Waals surface area (Å²) >= 11 is 0. The van der Waals surface area contributed by atoms with Gasteiger partial charge in [-0.3, -0.25) is 65.6 Å². The Morgan fingerprint density at radius 3 is 1.37 bits per heavy atom. The van der Waals surface area contributed by atoms with E-state index in [0.29, 0.717) is 30.3 Å². The third kappa shape index (κ3) is 11.6. The molecule has 0 bridgehead atoms. The largest absolute Gasteiger partial charge is 0.497 e. The molecule has 3 aromatic rings. The molecule has 23 heteroatoms. The fourth-order valence-corrected chi connectivity index (χ4v) is 4.57. The average Bonchev–Trinajstić information content (AvgIpc) is 3.09. The Balaban J connectivity index is 0.000000267. The maximum atomic E-state index is 10.4. The first-order valence-electron chi connectivity index (χ1n) is 14.7. The van der Waals surface area contributed by atoms with Gasteiger partial charge in [0.25, 0.3) is 22.9 Å². The van der Waals surface area contributed by atoms with E-state index in [-0.39, 0.29) is 0 Å². The summed E-state index contributed by atoms with van der Waals surface area (Å²) in [6, 6.07) is 13.2. The van der Waals surface area contributed by atoms with Crippen LogP contribution >= 0.6 is 0 Å². The van der Waals surface area contributed by atoms with E-state index in [9.17, 15) is 60.7 Å². The number of rotatable bonds is 12. The van der Waals surface area contributed by atoms with Crippen LogP contribution in [0.25, 0.3) is 0 Å². The topological polar surface area (TPSA) is 315 Å². The lowest BCUT2D eigenvalue weighted by Crippen LogP contribution is -2.40. The zero-order valence-corrected chi connectivity index (χ0v) is 27.0. The molecule has 0 amide bonds. The van der Waals surface area contributed by atoms with E-state index in [0.717, 1.165) is 39.4 Å². The van der Waals surface area contributed by atoms with Crippen molar-refractivity contribution in [2.24, 2.45) is 0 Å². The van der Waals surface area contributed by atoms with E-state index in [1.54, 1.807) is 0 Å². The summed E-state index contributed by atoms with van der Waals surface area (Å²) in [4.78, 5) is 60.5. The van der Waals surface area contributed by atoms with E-state index in [2.05, 4.69) is 54.1 Å². The molecule has 1 aliphatic rings. The smallest absolute Gasteiger partial charge is 0.324 e. The minimum absolute atomic E-state index is 0.447. The molecular weight excluding hydrogens is 688 g/mol. The zero-order chi connectivity index (χ0) is 38.4. The first kappa shape index (κ1) is 40.7. The highest BCUT2D eigenvalue weighted by Gasteiger charge is 2.31. The molecule has 0 aromatic heterocycles. The van der Waals surface area contributed by atoms with Crippen LogP contribution in [0.5, 0.6) is 11.5 Å². The van der Waals surface area contributed by atoms with Gasteiger partial charge in [0.15, 0.2) is 0 Å². The average molecular weight is 721 g/mol. The molecule has 0 radical (unpaired) electrons. The number of benzene rings is 3. The predicted molar refractivity (Wildman–Crippen MR) is 176 cm³/mol. The lowest BCUT2D eigenvalue weighted by Gasteiger charge is -2.35. The molecule has 1 heterocycles. The van der Waals surface area contributed by atoms with Crippen molar-refractivity contribution in [2.45, 2.75) is 19.4 Å². The zero-order valence-electron chi connectivity index (χ0n) is 27.0. The number of ether oxygens (including phenoxy) is 1. The van der Waals surface area contributed by atoms with Crippen molar-refractivity contribution < 1.29 is 44.5 Å². The Hall–Kier alpha value is -6.46. The molecule has 2 N–H and O–H groups in total. The molecule has 1 atom stereocenters. The second-order valence-corrected chi connectivity index (χ2v) is 10.5. The quantitative estimate of drug-likeness (QED) is 0.190. The van der Waals surface area contributed by atoms with Crippen LogP contribution in [-0.2, 0) is 4.74 Å². The lowest BCUT2D eigenvalue weighted by atomic mass is 10.0. The maximum absolute atomic E-state index is 10.4. The summed E-state index contributed by atoms with van der Waals surface area (Å²) in [5.41, 5.74) is -4.56. The van der Waals surface area contributed by atoms with Gasteiger partial charge in [0.05, 0.1) is 67.0 Å². The summed E-state index contributed by atoms with van der Waals surface area (Å²) in [6.07, 6.45) is 1.19. The summed E-state index contributed by atoms with van der Waals surface area (Å²) in [7, 11) is 2.20. The predicted octanol–water partition coefficient (Wildman–Crippen LogP) is 4.64. The number of hydrogen-bond donors (Lipinski definition) is 2. The van der Waals surface area contributed by atoms with Crippen molar-refractivity contribution in [3.05, 3.63) is 121 Å². The van der Waals surface area contributed by atoms with Gasteiger partial charge in [-0.2, -0.15) is 0 Å². The van der Waals surface area contributed by atoms with Crippen LogP contribution in [0.1, 0.15) is 24.9 Å². The van der Waals surface area contributed by atoms with E-state index in [4.69, 9.17) is 14.9 Å². The van der Waals surface area contributed by atoms with Crippen LogP contribution in [0, 0.1) is 60.7 Å². The number of nitrogens with zero attached hydrogens (tertiary/aromatic N) is 8. The second-order valence-electron chi connectivity index (χ2n) is 10.5. The summed E-state index contributed by atoms with van der Waals surface area (Å²) < 4.78 is 5.48. The number of morpholine rings is 1. The molecule has 1 saturated heterocycles. The van der Waals surface area contributed by atoms with Crippen LogP contribution in [-0.4, -0.2) is 96.0 Å². The van der Waals surface area contributed by atoms with Gasteiger partial charge in [0.1, 0.15) is 0 Å². The summed E-state index contributed by atoms with van der Waals surface area (Å²) in [6.45, 7) is 8.31. The number of non-ortho nitro benzene ring substituents is 2. The molecule has 1 aliphatic heterocycles. The van der Waals surface area contributed by atoms with E-state index in [1.807, 2.05) is 0 Å². The fraction of sp³-hybridized carbons (Fsp3) is 0.357. The van der Waals surface area contributed by atoms with Gasteiger partial charge in [-0.05, 0) is 32.1 Å². The minimum Gasteiger partial charge on any atom is -0.497 e. The Morgan fingerprint density at radius 1 is 0.686 bits per heavy atom. The normalized spacial score (nSPS) is 13.1. The number of nitro benzene ring substituents is 6. The minimum atomic E-state index is -1.21. The van der Waals surface area contributed by atoms with Crippen molar-refractivity contribution >= 4 is 34.1 Å². The fourth-order valence-electron chi connectivity index (χ4n) is 4.57. The standard InChI is InChI=1S/C16H26N2O.2C6H3N3O7/c1-3-17(2)10-9-16(15-7-5-4-6-8-15)18-11-13-19-14-12-18;2*10-6-4(8(13)14)1-3(7(11)12)2-5(6)9(15)16/h4-8,16H,3,9-14H2,1-2H3;2*1-2,10H. The third-order valence-corrected chi connectivity index (χ3v) is 7.31. The van der Waals surface area contributed by atoms with Crippen LogP contribution < -0.4 is 0 Å². The van der Waals surface area contributed by atoms with E-state index < -0.39 is 75.2 Å². The molecular formula is C28H32N8O15. The summed E-state index contributed by atoms with van der Waals surface area (Å²) in [5, 5.41) is 80.4. The molecule has 1 fully saturated rings. The van der Waals surface area contributed by atoms with Crippen molar-refractivity contribution in [1.29, 1.82) is 0 Å². The first-order chi connectivity index (χ1) is 24.0. The highest BCUT2D eigenvalue weighted by atomic mass is 16.7. The van der Waals surface area contributed by atoms with Crippen LogP contribution in [0.15, 0.2) is 54.6 Å². The molecule has 1 unspecified atom stereocenters. The van der Waals surface area contributed by atoms with Crippen molar-refractivity contribution in [3.63, 3.8) is 0 Å². The first-order valence-corrected chi connectivity index (χ1v) is 14.7. The Bertz CT molecular complexity index is 1590. The van der Waals surface area contributed by atoms with Gasteiger partial charge in [0.2, 0.25) is 0 Å². The van der Waals surface area contributed by atoms with Gasteiger partial charge < -0.3 is 19.8 Å². The molecule has 3 aromatic carbocycles. The second kappa shape index (κ2) is 18.9. The van der Waals surface area contributed by atoms with Gasteiger partial charge >= 0.3 is 22.7 Å². The van der Waals surface area contributed by atoms with Gasteiger partial charge in [0, 0.05) is 19.1 Å². The van der Waals surface area contributed by atoms with Crippen molar-refractivity contribution in [2.75, 3.05) is 46.4 Å². The number of nitro groups is 6. The van der Waals surface area contributed by atoms with Gasteiger partial charge in [-0.1, -0.05) is 37.3 Å². The van der Waals surface area contributed by atoms with Gasteiger partial charge in [-0.15, -0.1) is 0 Å². The van der Waals surface area contributed by atoms with Crippen molar-refractivity contribution in [3.8, 4) is 11.5 Å². The maximum Gasteiger partial charge on any atom is 0.324 e. The van der Waals surface area contributed by atoms with E-state index in [1.165, 1.54) is 12.0 Å². The highest BCUT2D eigenvalue weighted by molar-refractivity contribution is 5.65. The monoisotopic (exact) mass is 720 g/mol. The molecule has 23 nitrogen and oxygen atoms in total. The number of phenols is 2. The van der Waals surface area contributed by atoms with Crippen molar-refractivity contribution in [1.82, 2.24) is 9.80 Å². The van der Waals surface area contributed by atoms with E-state index >= 15 is 0 Å². The van der Waals surface area contributed by atoms with Crippen LogP contribution in [0.4, 0.5) is 34.1 Å².